The van der Waals surface area contributed by atoms with Crippen molar-refractivity contribution in [2.75, 3.05) is 18.5 Å². The van der Waals surface area contributed by atoms with Gasteiger partial charge in [0.15, 0.2) is 0 Å². The van der Waals surface area contributed by atoms with E-state index in [2.05, 4.69) is 11.4 Å². The predicted octanol–water partition coefficient (Wildman–Crippen LogP) is 2.05. The summed E-state index contributed by atoms with van der Waals surface area (Å²) in [4.78, 5) is 26.8. The molecule has 0 radical (unpaired) electrons. The van der Waals surface area contributed by atoms with E-state index in [1.807, 2.05) is 6.07 Å². The zero-order chi connectivity index (χ0) is 18.5. The lowest BCUT2D eigenvalue weighted by Gasteiger charge is -2.26. The van der Waals surface area contributed by atoms with E-state index in [1.165, 1.54) is 11.3 Å². The van der Waals surface area contributed by atoms with Crippen LogP contribution in [0.2, 0.25) is 0 Å². The van der Waals surface area contributed by atoms with Gasteiger partial charge < -0.3 is 19.7 Å². The van der Waals surface area contributed by atoms with Crippen LogP contribution in [0.4, 0.5) is 5.00 Å². The highest BCUT2D eigenvalue weighted by atomic mass is 32.1. The first-order valence-electron chi connectivity index (χ1n) is 8.38. The molecule has 3 heterocycles. The molecule has 136 valence electrons. The second-order valence-corrected chi connectivity index (χ2v) is 7.09. The van der Waals surface area contributed by atoms with Gasteiger partial charge in [-0.25, -0.2) is 0 Å². The number of nitrogens with one attached hydrogen (secondary N) is 1. The Bertz CT molecular complexity index is 835. The Morgan fingerprint density at radius 2 is 2.27 bits per heavy atom. The fraction of sp³-hybridized carbons (Fsp3) is 0.389. The molecule has 1 aliphatic heterocycles. The number of aliphatic hydroxyl groups excluding tert-OH is 1. The summed E-state index contributed by atoms with van der Waals surface area (Å²) in [5.74, 6) is 0.461. The molecular weight excluding hydrogens is 354 g/mol. The molecule has 2 aromatic heterocycles. The van der Waals surface area contributed by atoms with Crippen LogP contribution in [-0.2, 0) is 29.0 Å². The average molecular weight is 373 g/mol. The topological polar surface area (TPSA) is 107 Å². The SMILES string of the molecule is N#Cc1c(NC(=O)CCc2ccco2)sc2c1CCN(C(=O)CCO)C2. The maximum Gasteiger partial charge on any atom is 0.225 e. The lowest BCUT2D eigenvalue weighted by molar-refractivity contribution is -0.132. The highest BCUT2D eigenvalue weighted by Gasteiger charge is 2.27. The van der Waals surface area contributed by atoms with E-state index in [-0.39, 0.29) is 31.3 Å². The van der Waals surface area contributed by atoms with Crippen LogP contribution in [-0.4, -0.2) is 35.0 Å². The number of rotatable bonds is 6. The number of hydrogen-bond acceptors (Lipinski definition) is 6. The van der Waals surface area contributed by atoms with Crippen LogP contribution in [0.3, 0.4) is 0 Å². The Kier molecular flexibility index (Phi) is 5.71. The Balaban J connectivity index is 1.68. The van der Waals surface area contributed by atoms with Gasteiger partial charge in [0.1, 0.15) is 16.8 Å². The lowest BCUT2D eigenvalue weighted by atomic mass is 10.0. The fourth-order valence-corrected chi connectivity index (χ4v) is 4.19. The third kappa shape index (κ3) is 3.95. The van der Waals surface area contributed by atoms with Gasteiger partial charge in [-0.2, -0.15) is 5.26 Å². The van der Waals surface area contributed by atoms with Gasteiger partial charge in [-0.1, -0.05) is 0 Å². The summed E-state index contributed by atoms with van der Waals surface area (Å²) < 4.78 is 5.21. The Morgan fingerprint density at radius 3 is 2.96 bits per heavy atom. The molecule has 0 aliphatic carbocycles. The molecule has 0 unspecified atom stereocenters. The maximum absolute atomic E-state index is 12.2. The Labute approximate surface area is 154 Å². The van der Waals surface area contributed by atoms with E-state index in [9.17, 15) is 14.9 Å². The molecule has 2 amide bonds. The second-order valence-electron chi connectivity index (χ2n) is 5.99. The highest BCUT2D eigenvalue weighted by Crippen LogP contribution is 2.36. The molecule has 0 bridgehead atoms. The molecule has 0 atom stereocenters. The molecule has 0 saturated heterocycles. The number of carbonyl (C=O) groups is 2. The molecule has 2 N–H and O–H groups in total. The summed E-state index contributed by atoms with van der Waals surface area (Å²) in [5, 5.41) is 21.8. The molecule has 2 aromatic rings. The predicted molar refractivity (Wildman–Crippen MR) is 95.5 cm³/mol. The van der Waals surface area contributed by atoms with Crippen molar-refractivity contribution in [1.82, 2.24) is 4.90 Å². The molecular formula is C18H19N3O4S. The molecule has 0 spiro atoms. The molecule has 1 aliphatic rings. The molecule has 7 nitrogen and oxygen atoms in total. The van der Waals surface area contributed by atoms with E-state index in [4.69, 9.17) is 9.52 Å². The number of anilines is 1. The lowest BCUT2D eigenvalue weighted by Crippen LogP contribution is -2.35. The van der Waals surface area contributed by atoms with Crippen molar-refractivity contribution < 1.29 is 19.1 Å². The molecule has 3 rings (SSSR count). The smallest absolute Gasteiger partial charge is 0.225 e. The first kappa shape index (κ1) is 18.2. The summed E-state index contributed by atoms with van der Waals surface area (Å²) in [6, 6.07) is 5.77. The summed E-state index contributed by atoms with van der Waals surface area (Å²) >= 11 is 1.34. The number of nitrogens with zero attached hydrogens (tertiary/aromatic N) is 2. The van der Waals surface area contributed by atoms with Crippen LogP contribution in [0.25, 0.3) is 0 Å². The van der Waals surface area contributed by atoms with Crippen molar-refractivity contribution in [3.63, 3.8) is 0 Å². The zero-order valence-corrected chi connectivity index (χ0v) is 15.0. The monoisotopic (exact) mass is 373 g/mol. The summed E-state index contributed by atoms with van der Waals surface area (Å²) in [5.41, 5.74) is 1.40. The van der Waals surface area contributed by atoms with Crippen molar-refractivity contribution >= 4 is 28.2 Å². The minimum absolute atomic E-state index is 0.0994. The van der Waals surface area contributed by atoms with Crippen LogP contribution in [0.1, 0.15) is 34.6 Å². The number of fused-ring (bicyclic) bond motifs is 1. The normalized spacial score (nSPS) is 13.2. The van der Waals surface area contributed by atoms with E-state index in [0.717, 1.165) is 16.2 Å². The molecule has 0 fully saturated rings. The van der Waals surface area contributed by atoms with Gasteiger partial charge in [-0.15, -0.1) is 11.3 Å². The molecule has 8 heteroatoms. The number of aliphatic hydroxyl groups is 1. The number of carbonyl (C=O) groups excluding carboxylic acids is 2. The fourth-order valence-electron chi connectivity index (χ4n) is 2.96. The van der Waals surface area contributed by atoms with E-state index < -0.39 is 0 Å². The van der Waals surface area contributed by atoms with Gasteiger partial charge in [0.05, 0.1) is 25.0 Å². The first-order chi connectivity index (χ1) is 12.6. The highest BCUT2D eigenvalue weighted by molar-refractivity contribution is 7.16. The van der Waals surface area contributed by atoms with Gasteiger partial charge in [-0.05, 0) is 24.1 Å². The number of thiophene rings is 1. The van der Waals surface area contributed by atoms with Crippen LogP contribution < -0.4 is 5.32 Å². The minimum atomic E-state index is -0.176. The summed E-state index contributed by atoms with van der Waals surface area (Å²) in [6.07, 6.45) is 3.01. The van der Waals surface area contributed by atoms with Crippen molar-refractivity contribution in [2.45, 2.75) is 32.2 Å². The van der Waals surface area contributed by atoms with Gasteiger partial charge in [0.2, 0.25) is 11.8 Å². The van der Waals surface area contributed by atoms with Crippen LogP contribution in [0.15, 0.2) is 22.8 Å². The van der Waals surface area contributed by atoms with Crippen molar-refractivity contribution in [3.8, 4) is 6.07 Å². The standard InChI is InChI=1S/C18H19N3O4S/c19-10-14-13-5-7-21(17(24)6-8-22)11-15(13)26-18(14)20-16(23)4-3-12-2-1-9-25-12/h1-2,9,22H,3-8,11H2,(H,20,23). The quantitative estimate of drug-likeness (QED) is 0.806. The van der Waals surface area contributed by atoms with Gasteiger partial charge in [0, 0.05) is 30.7 Å². The van der Waals surface area contributed by atoms with Crippen molar-refractivity contribution in [2.24, 2.45) is 0 Å². The zero-order valence-electron chi connectivity index (χ0n) is 14.2. The van der Waals surface area contributed by atoms with Crippen LogP contribution in [0.5, 0.6) is 0 Å². The van der Waals surface area contributed by atoms with Gasteiger partial charge >= 0.3 is 0 Å². The summed E-state index contributed by atoms with van der Waals surface area (Å²) in [7, 11) is 0. The Hall–Kier alpha value is -2.63. The summed E-state index contributed by atoms with van der Waals surface area (Å²) in [6.45, 7) is 0.756. The third-order valence-electron chi connectivity index (χ3n) is 4.28. The van der Waals surface area contributed by atoms with E-state index in [1.54, 1.807) is 17.2 Å². The average Bonchev–Trinajstić information content (AvgIpc) is 3.26. The number of furan rings is 1. The van der Waals surface area contributed by atoms with Gasteiger partial charge in [-0.3, -0.25) is 9.59 Å². The number of aryl methyl sites for hydroxylation is 1. The third-order valence-corrected chi connectivity index (χ3v) is 5.41. The Morgan fingerprint density at radius 1 is 1.42 bits per heavy atom. The van der Waals surface area contributed by atoms with Crippen molar-refractivity contribution in [1.29, 1.82) is 5.26 Å². The molecule has 0 aromatic carbocycles. The van der Waals surface area contributed by atoms with E-state index in [0.29, 0.717) is 36.5 Å². The first-order valence-corrected chi connectivity index (χ1v) is 9.19. The van der Waals surface area contributed by atoms with Crippen molar-refractivity contribution in [3.05, 3.63) is 40.2 Å². The number of nitriles is 1. The van der Waals surface area contributed by atoms with E-state index >= 15 is 0 Å². The second kappa shape index (κ2) is 8.17. The molecule has 0 saturated carbocycles. The largest absolute Gasteiger partial charge is 0.469 e. The number of amides is 2. The molecule has 26 heavy (non-hydrogen) atoms. The van der Waals surface area contributed by atoms with Gasteiger partial charge in [0.25, 0.3) is 0 Å². The van der Waals surface area contributed by atoms with Crippen LogP contribution in [0, 0.1) is 11.3 Å². The van der Waals surface area contributed by atoms with Crippen LogP contribution >= 0.6 is 11.3 Å². The maximum atomic E-state index is 12.2. The number of hydrogen-bond donors (Lipinski definition) is 2. The minimum Gasteiger partial charge on any atom is -0.469 e.